The van der Waals surface area contributed by atoms with E-state index >= 15 is 0 Å². The van der Waals surface area contributed by atoms with Crippen LogP contribution in [0.2, 0.25) is 10.0 Å². The van der Waals surface area contributed by atoms with Crippen molar-refractivity contribution in [1.82, 2.24) is 5.32 Å². The van der Waals surface area contributed by atoms with Crippen LogP contribution in [0.25, 0.3) is 0 Å². The molecular formula is C25H21Cl2FN2O2S. The van der Waals surface area contributed by atoms with Crippen LogP contribution in [0.5, 0.6) is 0 Å². The third kappa shape index (κ3) is 5.18. The Bertz CT molecular complexity index is 1210. The molecule has 0 bridgehead atoms. The lowest BCUT2D eigenvalue weighted by Crippen LogP contribution is -2.47. The topological polar surface area (TPSA) is 49.4 Å². The van der Waals surface area contributed by atoms with Crippen LogP contribution in [-0.4, -0.2) is 17.1 Å². The first kappa shape index (κ1) is 23.6. The molecule has 2 amide bonds. The van der Waals surface area contributed by atoms with Crippen LogP contribution in [0.4, 0.5) is 10.1 Å². The molecule has 1 aliphatic heterocycles. The van der Waals surface area contributed by atoms with E-state index < -0.39 is 17.0 Å². The molecule has 0 radical (unpaired) electrons. The molecule has 1 heterocycles. The van der Waals surface area contributed by atoms with Gasteiger partial charge in [-0.05, 0) is 41.5 Å². The lowest BCUT2D eigenvalue weighted by atomic mass is 10.0. The summed E-state index contributed by atoms with van der Waals surface area (Å²) in [5.74, 6) is -1.46. The van der Waals surface area contributed by atoms with E-state index in [1.165, 1.54) is 23.9 Å². The van der Waals surface area contributed by atoms with E-state index in [0.717, 1.165) is 16.1 Å². The van der Waals surface area contributed by atoms with Crippen LogP contribution < -0.4 is 10.2 Å². The molecule has 3 aromatic rings. The van der Waals surface area contributed by atoms with E-state index in [9.17, 15) is 14.0 Å². The summed E-state index contributed by atoms with van der Waals surface area (Å²) in [5, 5.41) is 3.10. The van der Waals surface area contributed by atoms with Crippen LogP contribution >= 0.6 is 35.0 Å². The van der Waals surface area contributed by atoms with E-state index in [-0.39, 0.29) is 29.9 Å². The van der Waals surface area contributed by atoms with Crippen molar-refractivity contribution >= 4 is 52.5 Å². The second-order valence-corrected chi connectivity index (χ2v) is 9.76. The summed E-state index contributed by atoms with van der Waals surface area (Å²) in [5.41, 5.74) is 2.18. The summed E-state index contributed by atoms with van der Waals surface area (Å²) in [6, 6.07) is 18.9. The predicted octanol–water partition coefficient (Wildman–Crippen LogP) is 6.09. The third-order valence-corrected chi connectivity index (χ3v) is 7.73. The Hall–Kier alpha value is -2.54. The van der Waals surface area contributed by atoms with Gasteiger partial charge in [0, 0.05) is 21.5 Å². The highest BCUT2D eigenvalue weighted by Crippen LogP contribution is 2.42. The highest BCUT2D eigenvalue weighted by Gasteiger charge is 2.39. The van der Waals surface area contributed by atoms with Crippen molar-refractivity contribution < 1.29 is 14.0 Å². The van der Waals surface area contributed by atoms with Gasteiger partial charge in [0.2, 0.25) is 11.8 Å². The molecule has 0 saturated heterocycles. The summed E-state index contributed by atoms with van der Waals surface area (Å²) >= 11 is 13.8. The maximum atomic E-state index is 13.5. The molecule has 4 rings (SSSR count). The van der Waals surface area contributed by atoms with Gasteiger partial charge in [0.15, 0.2) is 0 Å². The van der Waals surface area contributed by atoms with Crippen molar-refractivity contribution in [3.8, 4) is 0 Å². The Kier molecular flexibility index (Phi) is 7.27. The number of nitrogens with zero attached hydrogens (tertiary/aromatic N) is 1. The number of rotatable bonds is 6. The Morgan fingerprint density at radius 3 is 2.55 bits per heavy atom. The molecule has 33 heavy (non-hydrogen) atoms. The van der Waals surface area contributed by atoms with Gasteiger partial charge in [-0.1, -0.05) is 66.5 Å². The molecule has 0 unspecified atom stereocenters. The van der Waals surface area contributed by atoms with Gasteiger partial charge in [-0.2, -0.15) is 0 Å². The fraction of sp³-hybridized carbons (Fsp3) is 0.200. The number of thioether (sulfide) groups is 1. The van der Waals surface area contributed by atoms with Gasteiger partial charge in [0.05, 0.1) is 18.2 Å². The molecule has 3 aromatic carbocycles. The fourth-order valence-corrected chi connectivity index (χ4v) is 5.38. The SMILES string of the molecule is C[C@H](C(=O)NCc1ccccc1Cl)[C@@H]1Sc2ccccc2N(Cc2ccc(F)cc2Cl)C1=O. The maximum absolute atomic E-state index is 13.5. The van der Waals surface area contributed by atoms with Crippen molar-refractivity contribution in [2.75, 3.05) is 4.90 Å². The predicted molar refractivity (Wildman–Crippen MR) is 131 cm³/mol. The van der Waals surface area contributed by atoms with Crippen molar-refractivity contribution in [1.29, 1.82) is 0 Å². The van der Waals surface area contributed by atoms with Crippen LogP contribution in [0.1, 0.15) is 18.1 Å². The van der Waals surface area contributed by atoms with Gasteiger partial charge in [0.1, 0.15) is 11.1 Å². The van der Waals surface area contributed by atoms with Gasteiger partial charge in [-0.25, -0.2) is 4.39 Å². The number of carbonyl (C=O) groups excluding carboxylic acids is 2. The van der Waals surface area contributed by atoms with Gasteiger partial charge in [-0.3, -0.25) is 9.59 Å². The molecule has 0 fully saturated rings. The summed E-state index contributed by atoms with van der Waals surface area (Å²) in [4.78, 5) is 29.0. The van der Waals surface area contributed by atoms with E-state index in [0.29, 0.717) is 10.6 Å². The Balaban J connectivity index is 1.55. The molecule has 0 aliphatic carbocycles. The standard InChI is InChI=1S/C25H21Cl2FN2O2S/c1-15(24(31)29-13-16-6-2-3-7-19(16)26)23-25(32)30(21-8-4-5-9-22(21)33-23)14-17-10-11-18(28)12-20(17)27/h2-12,15,23H,13-14H2,1H3,(H,29,31)/t15-,23-/m0/s1. The number of halogens is 3. The van der Waals surface area contributed by atoms with E-state index in [1.807, 2.05) is 42.5 Å². The Morgan fingerprint density at radius 2 is 1.79 bits per heavy atom. The van der Waals surface area contributed by atoms with Crippen LogP contribution in [0.3, 0.4) is 0 Å². The highest BCUT2D eigenvalue weighted by molar-refractivity contribution is 8.01. The average Bonchev–Trinajstić information content (AvgIpc) is 2.81. The fourth-order valence-electron chi connectivity index (χ4n) is 3.66. The van der Waals surface area contributed by atoms with E-state index in [4.69, 9.17) is 23.2 Å². The van der Waals surface area contributed by atoms with Gasteiger partial charge in [-0.15, -0.1) is 11.8 Å². The molecule has 0 aromatic heterocycles. The summed E-state index contributed by atoms with van der Waals surface area (Å²) in [6.45, 7) is 2.20. The minimum absolute atomic E-state index is 0.181. The van der Waals surface area contributed by atoms with Crippen LogP contribution in [-0.2, 0) is 22.7 Å². The average molecular weight is 503 g/mol. The van der Waals surface area contributed by atoms with Crippen molar-refractivity contribution in [3.63, 3.8) is 0 Å². The molecular weight excluding hydrogens is 482 g/mol. The second kappa shape index (κ2) is 10.2. The Morgan fingerprint density at radius 1 is 1.06 bits per heavy atom. The second-order valence-electron chi connectivity index (χ2n) is 7.76. The number of anilines is 1. The number of amides is 2. The lowest BCUT2D eigenvalue weighted by Gasteiger charge is -2.36. The van der Waals surface area contributed by atoms with E-state index in [1.54, 1.807) is 24.0 Å². The van der Waals surface area contributed by atoms with E-state index in [2.05, 4.69) is 5.32 Å². The smallest absolute Gasteiger partial charge is 0.241 e. The number of benzene rings is 3. The first-order chi connectivity index (χ1) is 15.8. The zero-order valence-electron chi connectivity index (χ0n) is 17.7. The number of nitrogens with one attached hydrogen (secondary N) is 1. The zero-order valence-corrected chi connectivity index (χ0v) is 20.1. The van der Waals surface area contributed by atoms with Crippen molar-refractivity contribution in [2.45, 2.75) is 30.2 Å². The van der Waals surface area contributed by atoms with Gasteiger partial charge >= 0.3 is 0 Å². The monoisotopic (exact) mass is 502 g/mol. The molecule has 0 spiro atoms. The number of fused-ring (bicyclic) bond motifs is 1. The minimum atomic E-state index is -0.620. The first-order valence-electron chi connectivity index (χ1n) is 10.4. The van der Waals surface area contributed by atoms with Crippen molar-refractivity contribution in [3.05, 3.63) is 93.7 Å². The van der Waals surface area contributed by atoms with Crippen LogP contribution in [0, 0.1) is 11.7 Å². The number of hydrogen-bond donors (Lipinski definition) is 1. The summed E-state index contributed by atoms with van der Waals surface area (Å²) in [6.07, 6.45) is 0. The lowest BCUT2D eigenvalue weighted by molar-refractivity contribution is -0.128. The number of carbonyl (C=O) groups is 2. The molecule has 0 saturated carbocycles. The molecule has 4 nitrogen and oxygen atoms in total. The molecule has 8 heteroatoms. The largest absolute Gasteiger partial charge is 0.352 e. The minimum Gasteiger partial charge on any atom is -0.352 e. The van der Waals surface area contributed by atoms with Crippen molar-refractivity contribution in [2.24, 2.45) is 5.92 Å². The normalized spacial score (nSPS) is 16.3. The maximum Gasteiger partial charge on any atom is 0.241 e. The number of hydrogen-bond acceptors (Lipinski definition) is 3. The third-order valence-electron chi connectivity index (χ3n) is 5.54. The first-order valence-corrected chi connectivity index (χ1v) is 12.0. The van der Waals surface area contributed by atoms with Gasteiger partial charge < -0.3 is 10.2 Å². The number of para-hydroxylation sites is 1. The zero-order chi connectivity index (χ0) is 23.5. The van der Waals surface area contributed by atoms with Gasteiger partial charge in [0.25, 0.3) is 0 Å². The highest BCUT2D eigenvalue weighted by atomic mass is 35.5. The van der Waals surface area contributed by atoms with Crippen LogP contribution in [0.15, 0.2) is 71.6 Å². The molecule has 1 N–H and O–H groups in total. The summed E-state index contributed by atoms with van der Waals surface area (Å²) < 4.78 is 13.5. The summed E-state index contributed by atoms with van der Waals surface area (Å²) in [7, 11) is 0. The molecule has 170 valence electrons. The molecule has 1 aliphatic rings. The Labute approximate surface area is 206 Å². The molecule has 2 atom stereocenters. The quantitative estimate of drug-likeness (QED) is 0.443.